The lowest BCUT2D eigenvalue weighted by Gasteiger charge is -2.48. The molecule has 4 aromatic carbocycles. The Labute approximate surface area is 246 Å². The lowest BCUT2D eigenvalue weighted by Crippen LogP contribution is -2.60. The lowest BCUT2D eigenvalue weighted by atomic mass is 9.78. The molecule has 4 aromatic rings. The number of hydrogen-bond donors (Lipinski definition) is 0. The molecule has 0 saturated carbocycles. The fourth-order valence-corrected chi connectivity index (χ4v) is 7.54. The Kier molecular flexibility index (Phi) is 7.37. The second-order valence-electron chi connectivity index (χ2n) is 9.57. The van der Waals surface area contributed by atoms with Gasteiger partial charge < -0.3 is 14.4 Å². The third-order valence-corrected chi connectivity index (χ3v) is 9.30. The Hall–Kier alpha value is -4.00. The molecule has 6 rings (SSSR count). The average Bonchev–Trinajstić information content (AvgIpc) is 2.98. The van der Waals surface area contributed by atoms with E-state index in [1.54, 1.807) is 0 Å². The fourth-order valence-electron chi connectivity index (χ4n) is 5.39. The van der Waals surface area contributed by atoms with E-state index in [1.807, 2.05) is 36.5 Å². The molecule has 0 aromatic heterocycles. The molecule has 0 aliphatic carbocycles. The van der Waals surface area contributed by atoms with Crippen molar-refractivity contribution in [3.63, 3.8) is 0 Å². The largest absolute Gasteiger partial charge is 0.518 e. The molecule has 0 spiro atoms. The summed E-state index contributed by atoms with van der Waals surface area (Å²) in [6.07, 6.45) is 8.05. The number of rotatable bonds is 7. The minimum Gasteiger partial charge on any atom is -0.350 e. The van der Waals surface area contributed by atoms with Crippen molar-refractivity contribution in [2.75, 3.05) is 9.62 Å². The molecule has 0 amide bonds. The van der Waals surface area contributed by atoms with Crippen molar-refractivity contribution < 1.29 is 0 Å². The predicted octanol–water partition coefficient (Wildman–Crippen LogP) is 10.1. The van der Waals surface area contributed by atoms with Crippen LogP contribution in [0, 0.1) is 0 Å². The summed E-state index contributed by atoms with van der Waals surface area (Å²) >= 11 is 3.64. The van der Waals surface area contributed by atoms with Gasteiger partial charge in [0, 0.05) is 53.7 Å². The van der Waals surface area contributed by atoms with E-state index in [1.165, 1.54) is 19.6 Å². The highest BCUT2D eigenvalue weighted by atomic mass is 32.2. The van der Waals surface area contributed by atoms with Crippen LogP contribution in [0.2, 0.25) is 0 Å². The van der Waals surface area contributed by atoms with Crippen molar-refractivity contribution in [1.29, 1.82) is 0 Å². The van der Waals surface area contributed by atoms with Crippen molar-refractivity contribution >= 4 is 53.4 Å². The number of para-hydroxylation sites is 4. The van der Waals surface area contributed by atoms with Gasteiger partial charge in [0.2, 0.25) is 0 Å². The van der Waals surface area contributed by atoms with Gasteiger partial charge in [-0.1, -0.05) is 97.4 Å². The molecule has 3 nitrogen and oxygen atoms in total. The predicted molar refractivity (Wildman–Crippen MR) is 174 cm³/mol. The first-order chi connectivity index (χ1) is 19.6. The summed E-state index contributed by atoms with van der Waals surface area (Å²) in [5, 5.41) is 0. The van der Waals surface area contributed by atoms with Gasteiger partial charge in [0.25, 0.3) is 0 Å². The van der Waals surface area contributed by atoms with E-state index < -0.39 is 0 Å². The fraction of sp³-hybridized carbons (Fsp3) is 0.0588. The zero-order valence-corrected chi connectivity index (χ0v) is 24.3. The lowest BCUT2D eigenvalue weighted by molar-refractivity contribution is 0.660. The van der Waals surface area contributed by atoms with Crippen molar-refractivity contribution in [3.05, 3.63) is 146 Å². The molecule has 0 radical (unpaired) electrons. The first-order valence-electron chi connectivity index (χ1n) is 13.3. The highest BCUT2D eigenvalue weighted by Gasteiger charge is 2.46. The van der Waals surface area contributed by atoms with Crippen LogP contribution < -0.4 is 9.62 Å². The van der Waals surface area contributed by atoms with Gasteiger partial charge in [0.15, 0.2) is 0 Å². The standard InChI is InChI=1S/C34H30BN3S2/c1-5-15-25(3)36(26(4)16-6-2)35(37-27-17-7-11-21-31(27)39-32-22-12-8-18-28(32)37)38-29-19-9-13-23-33(29)40-34-24-14-10-20-30(34)38/h5-24H,1,4H2,2-3H3/b16-6-,25-15+. The number of anilines is 4. The number of hydrogen-bond acceptors (Lipinski definition) is 5. The van der Waals surface area contributed by atoms with Crippen LogP contribution in [-0.2, 0) is 0 Å². The summed E-state index contributed by atoms with van der Waals surface area (Å²) in [7, 11) is -0.314. The Morgan fingerprint density at radius 2 is 1.07 bits per heavy atom. The van der Waals surface area contributed by atoms with Crippen molar-refractivity contribution in [1.82, 2.24) is 4.81 Å². The molecule has 0 unspecified atom stereocenters. The van der Waals surface area contributed by atoms with E-state index in [0.29, 0.717) is 0 Å². The first-order valence-corrected chi connectivity index (χ1v) is 15.0. The zero-order valence-electron chi connectivity index (χ0n) is 22.7. The molecule has 0 bridgehead atoms. The average molecular weight is 556 g/mol. The van der Waals surface area contributed by atoms with Crippen LogP contribution in [0.1, 0.15) is 13.8 Å². The summed E-state index contributed by atoms with van der Waals surface area (Å²) in [5.74, 6) is 0. The smallest absolute Gasteiger partial charge is 0.350 e. The van der Waals surface area contributed by atoms with Gasteiger partial charge in [-0.05, 0) is 74.5 Å². The first kappa shape index (κ1) is 26.2. The summed E-state index contributed by atoms with van der Waals surface area (Å²) in [5.41, 5.74) is 6.58. The van der Waals surface area contributed by atoms with Crippen molar-refractivity contribution in [2.45, 2.75) is 33.4 Å². The van der Waals surface area contributed by atoms with E-state index in [2.05, 4.69) is 150 Å². The molecule has 40 heavy (non-hydrogen) atoms. The van der Waals surface area contributed by atoms with Gasteiger partial charge in [-0.2, -0.15) is 0 Å². The third-order valence-electron chi connectivity index (χ3n) is 7.04. The van der Waals surface area contributed by atoms with E-state index in [9.17, 15) is 0 Å². The quantitative estimate of drug-likeness (QED) is 0.165. The molecule has 0 fully saturated rings. The number of nitrogens with zero attached hydrogens (tertiary/aromatic N) is 3. The van der Waals surface area contributed by atoms with Gasteiger partial charge in [-0.25, -0.2) is 0 Å². The summed E-state index contributed by atoms with van der Waals surface area (Å²) in [4.78, 5) is 12.2. The number of fused-ring (bicyclic) bond motifs is 4. The summed E-state index contributed by atoms with van der Waals surface area (Å²) < 4.78 is 0. The van der Waals surface area contributed by atoms with Gasteiger partial charge in [0.1, 0.15) is 0 Å². The molecule has 2 heterocycles. The van der Waals surface area contributed by atoms with Crippen LogP contribution in [-0.4, -0.2) is 11.9 Å². The van der Waals surface area contributed by atoms with Gasteiger partial charge in [-0.3, -0.25) is 0 Å². The molecule has 0 saturated heterocycles. The topological polar surface area (TPSA) is 9.72 Å². The Morgan fingerprint density at radius 3 is 1.43 bits per heavy atom. The van der Waals surface area contributed by atoms with Crippen LogP contribution >= 0.6 is 23.5 Å². The molecular formula is C34H30BN3S2. The maximum absolute atomic E-state index is 4.58. The maximum atomic E-state index is 4.58. The normalized spacial score (nSPS) is 13.7. The Balaban J connectivity index is 1.71. The molecule has 0 N–H and O–H groups in total. The van der Waals surface area contributed by atoms with E-state index >= 15 is 0 Å². The molecular weight excluding hydrogens is 525 g/mol. The maximum Gasteiger partial charge on any atom is 0.518 e. The Bertz CT molecular complexity index is 1470. The number of allylic oxidation sites excluding steroid dienone is 5. The SMILES string of the molecule is C=C/C=C(\C)N(B(N1c2ccccc2Sc2ccccc21)N1c2ccccc2Sc2ccccc21)C(=C)/C=C\C. The van der Waals surface area contributed by atoms with Crippen LogP contribution in [0.5, 0.6) is 0 Å². The van der Waals surface area contributed by atoms with Crippen LogP contribution in [0.25, 0.3) is 0 Å². The summed E-state index contributed by atoms with van der Waals surface area (Å²) in [6.45, 7) is 12.8. The van der Waals surface area contributed by atoms with Gasteiger partial charge in [-0.15, -0.1) is 0 Å². The van der Waals surface area contributed by atoms with E-state index in [-0.39, 0.29) is 7.12 Å². The van der Waals surface area contributed by atoms with E-state index in [4.69, 9.17) is 0 Å². The van der Waals surface area contributed by atoms with Crippen LogP contribution in [0.4, 0.5) is 22.7 Å². The molecule has 196 valence electrons. The van der Waals surface area contributed by atoms with Crippen molar-refractivity contribution in [3.8, 4) is 0 Å². The monoisotopic (exact) mass is 555 g/mol. The minimum absolute atomic E-state index is 0.314. The highest BCUT2D eigenvalue weighted by molar-refractivity contribution is 8.00. The van der Waals surface area contributed by atoms with Gasteiger partial charge >= 0.3 is 7.12 Å². The second kappa shape index (κ2) is 11.2. The molecule has 0 atom stereocenters. The van der Waals surface area contributed by atoms with Crippen LogP contribution in [0.15, 0.2) is 165 Å². The van der Waals surface area contributed by atoms with Crippen LogP contribution in [0.3, 0.4) is 0 Å². The number of benzene rings is 4. The third kappa shape index (κ3) is 4.57. The molecule has 6 heteroatoms. The molecule has 2 aliphatic rings. The molecule has 2 aliphatic heterocycles. The second-order valence-corrected chi connectivity index (χ2v) is 11.7. The Morgan fingerprint density at radius 1 is 0.700 bits per heavy atom. The van der Waals surface area contributed by atoms with E-state index in [0.717, 1.165) is 34.1 Å². The van der Waals surface area contributed by atoms with Crippen molar-refractivity contribution in [2.24, 2.45) is 0 Å². The summed E-state index contributed by atoms with van der Waals surface area (Å²) in [6, 6.07) is 34.8. The highest BCUT2D eigenvalue weighted by Crippen LogP contribution is 2.53. The van der Waals surface area contributed by atoms with Gasteiger partial charge in [0.05, 0.1) is 0 Å². The zero-order chi connectivity index (χ0) is 27.6. The minimum atomic E-state index is -0.314.